The Morgan fingerprint density at radius 3 is 2.80 bits per heavy atom. The van der Waals surface area contributed by atoms with E-state index in [2.05, 4.69) is 72.4 Å². The largest absolute Gasteiger partial charge is 0.354 e. The Bertz CT molecular complexity index is 602. The molecule has 0 unspecified atom stereocenters. The van der Waals surface area contributed by atoms with Crippen LogP contribution >= 0.6 is 31.9 Å². The Morgan fingerprint density at radius 2 is 2.05 bits per heavy atom. The van der Waals surface area contributed by atoms with Crippen LogP contribution in [0.2, 0.25) is 0 Å². The molecule has 0 spiro atoms. The number of halogens is 2. The van der Waals surface area contributed by atoms with E-state index in [-0.39, 0.29) is 0 Å². The molecule has 4 nitrogen and oxygen atoms in total. The maximum Gasteiger partial charge on any atom is 0.224 e. The second-order valence-electron chi connectivity index (χ2n) is 4.40. The van der Waals surface area contributed by atoms with Gasteiger partial charge in [0.05, 0.1) is 4.47 Å². The first-order valence-electron chi connectivity index (χ1n) is 6.39. The Balaban J connectivity index is 2.25. The first-order chi connectivity index (χ1) is 9.60. The van der Waals surface area contributed by atoms with Crippen molar-refractivity contribution in [1.82, 2.24) is 9.97 Å². The van der Waals surface area contributed by atoms with E-state index in [0.717, 1.165) is 39.0 Å². The topological polar surface area (TPSA) is 49.8 Å². The molecule has 6 heteroatoms. The van der Waals surface area contributed by atoms with E-state index in [1.54, 1.807) is 6.20 Å². The Kier molecular flexibility index (Phi) is 5.37. The highest BCUT2D eigenvalue weighted by Gasteiger charge is 2.07. The lowest BCUT2D eigenvalue weighted by molar-refractivity contribution is 0.952. The van der Waals surface area contributed by atoms with Gasteiger partial charge in [-0.1, -0.05) is 28.9 Å². The molecule has 2 N–H and O–H groups in total. The van der Waals surface area contributed by atoms with Gasteiger partial charge in [-0.05, 0) is 47.0 Å². The van der Waals surface area contributed by atoms with Crippen LogP contribution in [-0.2, 0) is 0 Å². The van der Waals surface area contributed by atoms with E-state index in [1.807, 2.05) is 12.1 Å². The van der Waals surface area contributed by atoms with Gasteiger partial charge in [0.1, 0.15) is 5.82 Å². The first-order valence-corrected chi connectivity index (χ1v) is 7.98. The number of aryl methyl sites for hydroxylation is 1. The van der Waals surface area contributed by atoms with E-state index in [0.29, 0.717) is 5.95 Å². The molecule has 0 atom stereocenters. The fourth-order valence-electron chi connectivity index (χ4n) is 1.63. The third-order valence-electron chi connectivity index (χ3n) is 2.73. The second-order valence-corrected chi connectivity index (χ2v) is 6.17. The Morgan fingerprint density at radius 1 is 1.25 bits per heavy atom. The van der Waals surface area contributed by atoms with Crippen LogP contribution in [0.1, 0.15) is 18.9 Å². The fourth-order valence-corrected chi connectivity index (χ4v) is 2.28. The standard InChI is InChI=1S/C14H16Br2N4/c1-3-6-17-14-18-8-11(16)13(20-14)19-12-7-10(15)5-4-9(12)2/h4-5,7-8H,3,6H2,1-2H3,(H2,17,18,19,20). The lowest BCUT2D eigenvalue weighted by atomic mass is 10.2. The number of rotatable bonds is 5. The number of hydrogen-bond donors (Lipinski definition) is 2. The minimum atomic E-state index is 0.630. The predicted octanol–water partition coefficient (Wildman–Crippen LogP) is 4.88. The van der Waals surface area contributed by atoms with Gasteiger partial charge in [-0.2, -0.15) is 4.98 Å². The summed E-state index contributed by atoms with van der Waals surface area (Å²) >= 11 is 6.95. The molecular formula is C14H16Br2N4. The van der Waals surface area contributed by atoms with E-state index < -0.39 is 0 Å². The van der Waals surface area contributed by atoms with Gasteiger partial charge in [-0.3, -0.25) is 0 Å². The number of anilines is 3. The summed E-state index contributed by atoms with van der Waals surface area (Å²) in [6.45, 7) is 5.02. The fraction of sp³-hybridized carbons (Fsp3) is 0.286. The van der Waals surface area contributed by atoms with Gasteiger partial charge < -0.3 is 10.6 Å². The first kappa shape index (κ1) is 15.3. The molecule has 0 saturated heterocycles. The van der Waals surface area contributed by atoms with Crippen molar-refractivity contribution in [1.29, 1.82) is 0 Å². The monoisotopic (exact) mass is 398 g/mol. The minimum absolute atomic E-state index is 0.630. The molecule has 0 amide bonds. The highest BCUT2D eigenvalue weighted by atomic mass is 79.9. The van der Waals surface area contributed by atoms with Gasteiger partial charge in [-0.25, -0.2) is 4.98 Å². The van der Waals surface area contributed by atoms with E-state index in [9.17, 15) is 0 Å². The van der Waals surface area contributed by atoms with Crippen LogP contribution in [0.4, 0.5) is 17.5 Å². The zero-order chi connectivity index (χ0) is 14.5. The molecule has 2 aromatic rings. The van der Waals surface area contributed by atoms with Gasteiger partial charge in [-0.15, -0.1) is 0 Å². The Hall–Kier alpha value is -1.14. The van der Waals surface area contributed by atoms with Crippen molar-refractivity contribution < 1.29 is 0 Å². The molecule has 1 aromatic heterocycles. The predicted molar refractivity (Wildman–Crippen MR) is 90.7 cm³/mol. The number of nitrogens with zero attached hydrogens (tertiary/aromatic N) is 2. The summed E-state index contributed by atoms with van der Waals surface area (Å²) in [6, 6.07) is 6.10. The zero-order valence-corrected chi connectivity index (χ0v) is 14.5. The summed E-state index contributed by atoms with van der Waals surface area (Å²) in [4.78, 5) is 8.72. The van der Waals surface area contributed by atoms with Gasteiger partial charge in [0.2, 0.25) is 5.95 Å². The molecule has 2 rings (SSSR count). The summed E-state index contributed by atoms with van der Waals surface area (Å²) in [5.41, 5.74) is 2.17. The third-order valence-corrected chi connectivity index (χ3v) is 3.80. The maximum atomic E-state index is 4.48. The van der Waals surface area contributed by atoms with Gasteiger partial charge >= 0.3 is 0 Å². The molecule has 0 aliphatic heterocycles. The lowest BCUT2D eigenvalue weighted by Gasteiger charge is -2.12. The summed E-state index contributed by atoms with van der Waals surface area (Å²) in [6.07, 6.45) is 2.79. The third kappa shape index (κ3) is 3.93. The summed E-state index contributed by atoms with van der Waals surface area (Å²) < 4.78 is 1.86. The molecule has 0 saturated carbocycles. The number of aromatic nitrogens is 2. The maximum absolute atomic E-state index is 4.48. The Labute approximate surface area is 135 Å². The van der Waals surface area contributed by atoms with Crippen LogP contribution in [0.25, 0.3) is 0 Å². The van der Waals surface area contributed by atoms with Crippen molar-refractivity contribution >= 4 is 49.3 Å². The van der Waals surface area contributed by atoms with Gasteiger partial charge in [0.15, 0.2) is 0 Å². The summed E-state index contributed by atoms with van der Waals surface area (Å²) in [5, 5.41) is 6.51. The highest BCUT2D eigenvalue weighted by Crippen LogP contribution is 2.28. The van der Waals surface area contributed by atoms with Crippen molar-refractivity contribution in [2.24, 2.45) is 0 Å². The SMILES string of the molecule is CCCNc1ncc(Br)c(Nc2cc(Br)ccc2C)n1. The van der Waals surface area contributed by atoms with Crippen molar-refractivity contribution in [3.8, 4) is 0 Å². The van der Waals surface area contributed by atoms with Crippen molar-refractivity contribution in [2.45, 2.75) is 20.3 Å². The highest BCUT2D eigenvalue weighted by molar-refractivity contribution is 9.10. The van der Waals surface area contributed by atoms with E-state index in [1.165, 1.54) is 0 Å². The molecule has 1 heterocycles. The minimum Gasteiger partial charge on any atom is -0.354 e. The van der Waals surface area contributed by atoms with Crippen LogP contribution in [-0.4, -0.2) is 16.5 Å². The van der Waals surface area contributed by atoms with Gasteiger partial charge in [0.25, 0.3) is 0 Å². The number of benzene rings is 1. The molecule has 0 bridgehead atoms. The molecule has 106 valence electrons. The lowest BCUT2D eigenvalue weighted by Crippen LogP contribution is -2.06. The van der Waals surface area contributed by atoms with E-state index >= 15 is 0 Å². The van der Waals surface area contributed by atoms with E-state index in [4.69, 9.17) is 0 Å². The number of nitrogens with one attached hydrogen (secondary N) is 2. The summed E-state index contributed by atoms with van der Waals surface area (Å²) in [7, 11) is 0. The molecule has 0 fully saturated rings. The zero-order valence-electron chi connectivity index (χ0n) is 11.4. The summed E-state index contributed by atoms with van der Waals surface area (Å²) in [5.74, 6) is 1.38. The molecule has 20 heavy (non-hydrogen) atoms. The smallest absolute Gasteiger partial charge is 0.224 e. The average molecular weight is 400 g/mol. The van der Waals surface area contributed by atoms with Crippen molar-refractivity contribution in [3.05, 3.63) is 38.9 Å². The van der Waals surface area contributed by atoms with Crippen LogP contribution in [0.5, 0.6) is 0 Å². The number of hydrogen-bond acceptors (Lipinski definition) is 4. The molecule has 0 aliphatic rings. The van der Waals surface area contributed by atoms with Gasteiger partial charge in [0, 0.05) is 22.9 Å². The quantitative estimate of drug-likeness (QED) is 0.752. The second kappa shape index (κ2) is 7.04. The van der Waals surface area contributed by atoms with Crippen LogP contribution < -0.4 is 10.6 Å². The van der Waals surface area contributed by atoms with Crippen LogP contribution in [0, 0.1) is 6.92 Å². The van der Waals surface area contributed by atoms with Crippen molar-refractivity contribution in [3.63, 3.8) is 0 Å². The normalized spacial score (nSPS) is 10.4. The molecule has 0 aliphatic carbocycles. The molecule has 1 aromatic carbocycles. The average Bonchev–Trinajstić information content (AvgIpc) is 2.43. The van der Waals surface area contributed by atoms with Crippen molar-refractivity contribution in [2.75, 3.05) is 17.2 Å². The molecular weight excluding hydrogens is 384 g/mol. The molecule has 0 radical (unpaired) electrons. The van der Waals surface area contributed by atoms with Crippen LogP contribution in [0.15, 0.2) is 33.3 Å². The van der Waals surface area contributed by atoms with Crippen LogP contribution in [0.3, 0.4) is 0 Å².